The van der Waals surface area contributed by atoms with Crippen LogP contribution in [0.15, 0.2) is 30.3 Å². The van der Waals surface area contributed by atoms with Gasteiger partial charge in [-0.3, -0.25) is 9.59 Å². The summed E-state index contributed by atoms with van der Waals surface area (Å²) in [5, 5.41) is 7.48. The minimum absolute atomic E-state index is 0.0668. The number of carbonyl (C=O) groups is 4. The van der Waals surface area contributed by atoms with Crippen LogP contribution in [-0.2, 0) is 30.5 Å². The quantitative estimate of drug-likeness (QED) is 0.492. The lowest BCUT2D eigenvalue weighted by Crippen LogP contribution is -2.57. The number of hydrogen-bond donors (Lipinski definition) is 3. The first-order valence-electron chi connectivity index (χ1n) is 9.75. The van der Waals surface area contributed by atoms with E-state index in [0.29, 0.717) is 6.42 Å². The standard InChI is InChI=1S/C21H31N3O6/c1-6-14(2)17(18(26)29-5)23-16(25)12-22-19(27)21(3,4)24-20(28)30-13-15-10-8-7-9-11-15/h7-11,14,17H,6,12-13H2,1-5H3,(H,22,27)(H,23,25)(H,24,28)/t14-,17-/m0/s1. The fourth-order valence-electron chi connectivity index (χ4n) is 2.47. The van der Waals surface area contributed by atoms with Gasteiger partial charge in [0, 0.05) is 0 Å². The summed E-state index contributed by atoms with van der Waals surface area (Å²) < 4.78 is 9.82. The molecule has 9 heteroatoms. The van der Waals surface area contributed by atoms with Gasteiger partial charge in [-0.15, -0.1) is 0 Å². The molecule has 9 nitrogen and oxygen atoms in total. The van der Waals surface area contributed by atoms with Crippen LogP contribution >= 0.6 is 0 Å². The van der Waals surface area contributed by atoms with Gasteiger partial charge < -0.3 is 25.4 Å². The van der Waals surface area contributed by atoms with E-state index in [0.717, 1.165) is 5.56 Å². The van der Waals surface area contributed by atoms with Gasteiger partial charge >= 0.3 is 12.1 Å². The molecule has 3 N–H and O–H groups in total. The lowest BCUT2D eigenvalue weighted by atomic mass is 9.99. The van der Waals surface area contributed by atoms with Crippen LogP contribution in [0.25, 0.3) is 0 Å². The van der Waals surface area contributed by atoms with Gasteiger partial charge in [-0.1, -0.05) is 50.6 Å². The first kappa shape index (κ1) is 24.9. The molecule has 0 fully saturated rings. The molecule has 0 saturated carbocycles. The van der Waals surface area contributed by atoms with Gasteiger partial charge in [0.05, 0.1) is 13.7 Å². The van der Waals surface area contributed by atoms with E-state index in [1.54, 1.807) is 0 Å². The lowest BCUT2D eigenvalue weighted by Gasteiger charge is -2.25. The maximum atomic E-state index is 12.4. The smallest absolute Gasteiger partial charge is 0.408 e. The number of alkyl carbamates (subject to hydrolysis) is 1. The molecule has 0 spiro atoms. The summed E-state index contributed by atoms with van der Waals surface area (Å²) in [6, 6.07) is 8.32. The monoisotopic (exact) mass is 421 g/mol. The molecule has 2 atom stereocenters. The Morgan fingerprint density at radius 2 is 1.73 bits per heavy atom. The van der Waals surface area contributed by atoms with Crippen LogP contribution in [0.4, 0.5) is 4.79 Å². The number of esters is 1. The maximum Gasteiger partial charge on any atom is 0.408 e. The third-order valence-electron chi connectivity index (χ3n) is 4.59. The highest BCUT2D eigenvalue weighted by atomic mass is 16.5. The highest BCUT2D eigenvalue weighted by Gasteiger charge is 2.31. The molecule has 1 rings (SSSR count). The maximum absolute atomic E-state index is 12.4. The van der Waals surface area contributed by atoms with Gasteiger partial charge in [-0.05, 0) is 25.3 Å². The molecule has 30 heavy (non-hydrogen) atoms. The third-order valence-corrected chi connectivity index (χ3v) is 4.59. The largest absolute Gasteiger partial charge is 0.467 e. The second-order valence-corrected chi connectivity index (χ2v) is 7.45. The molecule has 0 aliphatic rings. The van der Waals surface area contributed by atoms with E-state index >= 15 is 0 Å². The van der Waals surface area contributed by atoms with E-state index in [1.807, 2.05) is 44.2 Å². The SMILES string of the molecule is CC[C@H](C)[C@H](NC(=O)CNC(=O)C(C)(C)NC(=O)OCc1ccccc1)C(=O)OC. The van der Waals surface area contributed by atoms with Crippen LogP contribution in [-0.4, -0.2) is 49.1 Å². The highest BCUT2D eigenvalue weighted by molar-refractivity contribution is 5.93. The Kier molecular flexibility index (Phi) is 9.80. The number of benzene rings is 1. The van der Waals surface area contributed by atoms with Gasteiger partial charge in [0.25, 0.3) is 0 Å². The number of nitrogens with one attached hydrogen (secondary N) is 3. The molecule has 0 aromatic heterocycles. The molecule has 0 radical (unpaired) electrons. The Morgan fingerprint density at radius 3 is 2.30 bits per heavy atom. The van der Waals surface area contributed by atoms with Crippen LogP contribution in [0.3, 0.4) is 0 Å². The van der Waals surface area contributed by atoms with Crippen molar-refractivity contribution in [2.24, 2.45) is 5.92 Å². The molecule has 0 aliphatic carbocycles. The number of carbonyl (C=O) groups excluding carboxylic acids is 4. The summed E-state index contributed by atoms with van der Waals surface area (Å²) in [6.07, 6.45) is -0.0972. The molecule has 0 aliphatic heterocycles. The van der Waals surface area contributed by atoms with Gasteiger partial charge in [0.15, 0.2) is 0 Å². The van der Waals surface area contributed by atoms with Crippen molar-refractivity contribution in [2.45, 2.75) is 52.3 Å². The number of rotatable bonds is 10. The fraction of sp³-hybridized carbons (Fsp3) is 0.524. The number of methoxy groups -OCH3 is 1. The summed E-state index contributed by atoms with van der Waals surface area (Å²) >= 11 is 0. The molecule has 1 aromatic rings. The normalized spacial score (nSPS) is 12.8. The van der Waals surface area contributed by atoms with E-state index < -0.39 is 35.5 Å². The number of hydrogen-bond acceptors (Lipinski definition) is 6. The van der Waals surface area contributed by atoms with Gasteiger partial charge in [0.2, 0.25) is 11.8 Å². The summed E-state index contributed by atoms with van der Waals surface area (Å²) in [5.74, 6) is -1.80. The summed E-state index contributed by atoms with van der Waals surface area (Å²) in [7, 11) is 1.25. The van der Waals surface area contributed by atoms with Crippen LogP contribution in [0.2, 0.25) is 0 Å². The molecular formula is C21H31N3O6. The summed E-state index contributed by atoms with van der Waals surface area (Å²) in [4.78, 5) is 48.4. The van der Waals surface area contributed by atoms with Crippen molar-refractivity contribution < 1.29 is 28.7 Å². The van der Waals surface area contributed by atoms with Gasteiger partial charge in [-0.25, -0.2) is 9.59 Å². The molecule has 3 amide bonds. The summed E-state index contributed by atoms with van der Waals surface area (Å²) in [6.45, 7) is 6.39. The fourth-order valence-corrected chi connectivity index (χ4v) is 2.47. The number of amides is 3. The summed E-state index contributed by atoms with van der Waals surface area (Å²) in [5.41, 5.74) is -0.500. The third kappa shape index (κ3) is 8.10. The van der Waals surface area contributed by atoms with Gasteiger partial charge in [-0.2, -0.15) is 0 Å². The van der Waals surface area contributed by atoms with Crippen molar-refractivity contribution in [3.8, 4) is 0 Å². The van der Waals surface area contributed by atoms with E-state index in [2.05, 4.69) is 16.0 Å². The zero-order chi connectivity index (χ0) is 22.7. The zero-order valence-electron chi connectivity index (χ0n) is 18.1. The first-order chi connectivity index (χ1) is 14.1. The van der Waals surface area contributed by atoms with E-state index in [-0.39, 0.29) is 19.1 Å². The molecule has 0 saturated heterocycles. The van der Waals surface area contributed by atoms with Crippen LogP contribution < -0.4 is 16.0 Å². The van der Waals surface area contributed by atoms with Crippen molar-refractivity contribution in [2.75, 3.05) is 13.7 Å². The van der Waals surface area contributed by atoms with Crippen LogP contribution in [0, 0.1) is 5.92 Å². The van der Waals surface area contributed by atoms with Crippen molar-refractivity contribution in [3.05, 3.63) is 35.9 Å². The predicted octanol–water partition coefficient (Wildman–Crippen LogP) is 1.51. The average molecular weight is 421 g/mol. The minimum Gasteiger partial charge on any atom is -0.467 e. The molecule has 1 aromatic carbocycles. The first-order valence-corrected chi connectivity index (χ1v) is 9.75. The Bertz CT molecular complexity index is 736. The Labute approximate surface area is 176 Å². The van der Waals surface area contributed by atoms with Crippen molar-refractivity contribution in [1.82, 2.24) is 16.0 Å². The molecular weight excluding hydrogens is 390 g/mol. The Hall–Kier alpha value is -3.10. The molecule has 0 heterocycles. The Balaban J connectivity index is 2.51. The van der Waals surface area contributed by atoms with E-state index in [9.17, 15) is 19.2 Å². The number of ether oxygens (including phenoxy) is 2. The van der Waals surface area contributed by atoms with E-state index in [4.69, 9.17) is 9.47 Å². The van der Waals surface area contributed by atoms with E-state index in [1.165, 1.54) is 21.0 Å². The zero-order valence-corrected chi connectivity index (χ0v) is 18.1. The van der Waals surface area contributed by atoms with Crippen molar-refractivity contribution in [1.29, 1.82) is 0 Å². The highest BCUT2D eigenvalue weighted by Crippen LogP contribution is 2.09. The predicted molar refractivity (Wildman–Crippen MR) is 110 cm³/mol. The Morgan fingerprint density at radius 1 is 1.10 bits per heavy atom. The minimum atomic E-state index is -1.31. The molecule has 0 bridgehead atoms. The van der Waals surface area contributed by atoms with Crippen molar-refractivity contribution >= 4 is 23.9 Å². The molecule has 0 unspecified atom stereocenters. The van der Waals surface area contributed by atoms with Crippen molar-refractivity contribution in [3.63, 3.8) is 0 Å². The molecule has 166 valence electrons. The van der Waals surface area contributed by atoms with Crippen LogP contribution in [0.5, 0.6) is 0 Å². The topological polar surface area (TPSA) is 123 Å². The average Bonchev–Trinajstić information content (AvgIpc) is 2.73. The lowest BCUT2D eigenvalue weighted by molar-refractivity contribution is -0.146. The van der Waals surface area contributed by atoms with Crippen LogP contribution in [0.1, 0.15) is 39.7 Å². The second kappa shape index (κ2) is 11.8. The van der Waals surface area contributed by atoms with Gasteiger partial charge in [0.1, 0.15) is 18.2 Å². The second-order valence-electron chi connectivity index (χ2n) is 7.45.